The Morgan fingerprint density at radius 2 is 0.974 bits per heavy atom. The standard InChI is InChI=1S/C35H70O4/c1-4-5-6-7-8-9-10-15-18-21-24-27-30-38-31-34(36)32-39-35(37)29-26-23-20-17-14-12-11-13-16-19-22-25-28-33(2)3/h33-34,36H,4-32H2,1-3H3. The molecular formula is C35H70O4. The largest absolute Gasteiger partial charge is 0.463 e. The summed E-state index contributed by atoms with van der Waals surface area (Å²) in [6.45, 7) is 7.89. The Morgan fingerprint density at radius 1 is 0.564 bits per heavy atom. The van der Waals surface area contributed by atoms with Crippen LogP contribution in [-0.2, 0) is 14.3 Å². The van der Waals surface area contributed by atoms with E-state index >= 15 is 0 Å². The number of hydrogen-bond acceptors (Lipinski definition) is 4. The van der Waals surface area contributed by atoms with Crippen LogP contribution in [0, 0.1) is 5.92 Å². The van der Waals surface area contributed by atoms with E-state index in [0.717, 1.165) is 25.2 Å². The van der Waals surface area contributed by atoms with Gasteiger partial charge in [-0.2, -0.15) is 0 Å². The summed E-state index contributed by atoms with van der Waals surface area (Å²) in [6.07, 6.45) is 32.6. The van der Waals surface area contributed by atoms with E-state index in [9.17, 15) is 9.90 Å². The summed E-state index contributed by atoms with van der Waals surface area (Å²) < 4.78 is 10.8. The van der Waals surface area contributed by atoms with E-state index < -0.39 is 6.10 Å². The van der Waals surface area contributed by atoms with Gasteiger partial charge in [0.05, 0.1) is 6.61 Å². The maximum atomic E-state index is 11.9. The molecule has 1 atom stereocenters. The maximum Gasteiger partial charge on any atom is 0.305 e. The van der Waals surface area contributed by atoms with E-state index in [-0.39, 0.29) is 19.2 Å². The number of rotatable bonds is 32. The minimum Gasteiger partial charge on any atom is -0.463 e. The maximum absolute atomic E-state index is 11.9. The van der Waals surface area contributed by atoms with E-state index in [2.05, 4.69) is 20.8 Å². The van der Waals surface area contributed by atoms with Crippen LogP contribution in [0.2, 0.25) is 0 Å². The van der Waals surface area contributed by atoms with Crippen LogP contribution in [0.4, 0.5) is 0 Å². The Labute approximate surface area is 244 Å². The molecule has 0 aliphatic heterocycles. The average Bonchev–Trinajstić information content (AvgIpc) is 2.92. The first-order valence-corrected chi connectivity index (χ1v) is 17.5. The minimum atomic E-state index is -0.716. The fraction of sp³-hybridized carbons (Fsp3) is 0.971. The minimum absolute atomic E-state index is 0.0506. The summed E-state index contributed by atoms with van der Waals surface area (Å²) in [5.74, 6) is 0.663. The molecule has 0 amide bonds. The van der Waals surface area contributed by atoms with Crippen LogP contribution < -0.4 is 0 Å². The lowest BCUT2D eigenvalue weighted by Gasteiger charge is -2.12. The van der Waals surface area contributed by atoms with E-state index in [4.69, 9.17) is 9.47 Å². The van der Waals surface area contributed by atoms with Crippen molar-refractivity contribution in [2.75, 3.05) is 19.8 Å². The predicted octanol–water partition coefficient (Wildman–Crippen LogP) is 10.7. The lowest BCUT2D eigenvalue weighted by atomic mass is 10.0. The number of ether oxygens (including phenoxy) is 2. The van der Waals surface area contributed by atoms with Gasteiger partial charge in [0.1, 0.15) is 12.7 Å². The molecular weight excluding hydrogens is 484 g/mol. The Balaban J connectivity index is 3.28. The Bertz CT molecular complexity index is 479. The van der Waals surface area contributed by atoms with Gasteiger partial charge in [0.25, 0.3) is 0 Å². The molecule has 1 unspecified atom stereocenters. The highest BCUT2D eigenvalue weighted by Gasteiger charge is 2.09. The number of carbonyl (C=O) groups excluding carboxylic acids is 1. The third kappa shape index (κ3) is 33.5. The molecule has 4 heteroatoms. The summed E-state index contributed by atoms with van der Waals surface area (Å²) in [5, 5.41) is 9.99. The first kappa shape index (κ1) is 38.4. The molecule has 0 bridgehead atoms. The van der Waals surface area contributed by atoms with Crippen LogP contribution in [0.5, 0.6) is 0 Å². The molecule has 4 nitrogen and oxygen atoms in total. The van der Waals surface area contributed by atoms with Crippen LogP contribution in [0.25, 0.3) is 0 Å². The molecule has 0 aromatic rings. The van der Waals surface area contributed by atoms with E-state index in [1.807, 2.05) is 0 Å². The van der Waals surface area contributed by atoms with Crippen molar-refractivity contribution in [1.29, 1.82) is 0 Å². The topological polar surface area (TPSA) is 55.8 Å². The van der Waals surface area contributed by atoms with Crippen molar-refractivity contribution in [2.24, 2.45) is 5.92 Å². The average molecular weight is 555 g/mol. The highest BCUT2D eigenvalue weighted by Crippen LogP contribution is 2.15. The lowest BCUT2D eigenvalue weighted by Crippen LogP contribution is -2.24. The second kappa shape index (κ2) is 31.9. The SMILES string of the molecule is CCCCCCCCCCCCCCOCC(O)COC(=O)CCCCCCCCCCCCCCC(C)C. The fourth-order valence-electron chi connectivity index (χ4n) is 5.16. The van der Waals surface area contributed by atoms with Gasteiger partial charge >= 0.3 is 5.97 Å². The summed E-state index contributed by atoms with van der Waals surface area (Å²) in [6, 6.07) is 0. The van der Waals surface area contributed by atoms with Crippen molar-refractivity contribution in [3.63, 3.8) is 0 Å². The third-order valence-corrected chi connectivity index (χ3v) is 7.80. The van der Waals surface area contributed by atoms with Crippen LogP contribution in [0.15, 0.2) is 0 Å². The summed E-state index contributed by atoms with van der Waals surface area (Å²) in [4.78, 5) is 11.9. The van der Waals surface area contributed by atoms with Crippen LogP contribution in [0.1, 0.15) is 188 Å². The van der Waals surface area contributed by atoms with Gasteiger partial charge in [0, 0.05) is 13.0 Å². The van der Waals surface area contributed by atoms with Gasteiger partial charge in [0.2, 0.25) is 0 Å². The molecule has 0 saturated heterocycles. The number of unbranched alkanes of at least 4 members (excludes halogenated alkanes) is 22. The zero-order chi connectivity index (χ0) is 28.7. The summed E-state index contributed by atoms with van der Waals surface area (Å²) in [5.41, 5.74) is 0. The molecule has 0 aliphatic rings. The molecule has 234 valence electrons. The van der Waals surface area contributed by atoms with Crippen molar-refractivity contribution >= 4 is 5.97 Å². The normalized spacial score (nSPS) is 12.3. The van der Waals surface area contributed by atoms with Gasteiger partial charge in [-0.15, -0.1) is 0 Å². The van der Waals surface area contributed by atoms with Crippen molar-refractivity contribution in [3.05, 3.63) is 0 Å². The van der Waals surface area contributed by atoms with Crippen LogP contribution in [0.3, 0.4) is 0 Å². The van der Waals surface area contributed by atoms with Crippen molar-refractivity contribution < 1.29 is 19.4 Å². The number of hydrogen-bond donors (Lipinski definition) is 1. The molecule has 0 aromatic carbocycles. The van der Waals surface area contributed by atoms with Gasteiger partial charge in [0.15, 0.2) is 0 Å². The third-order valence-electron chi connectivity index (χ3n) is 7.80. The molecule has 0 heterocycles. The molecule has 0 radical (unpaired) electrons. The molecule has 0 rings (SSSR count). The second-order valence-corrected chi connectivity index (χ2v) is 12.5. The zero-order valence-corrected chi connectivity index (χ0v) is 26.8. The first-order valence-electron chi connectivity index (χ1n) is 17.5. The molecule has 0 aromatic heterocycles. The molecule has 0 saturated carbocycles. The van der Waals surface area contributed by atoms with Crippen molar-refractivity contribution in [2.45, 2.75) is 194 Å². The number of aliphatic hydroxyl groups excluding tert-OH is 1. The number of carbonyl (C=O) groups is 1. The Hall–Kier alpha value is -0.610. The van der Waals surface area contributed by atoms with E-state index in [0.29, 0.717) is 13.0 Å². The van der Waals surface area contributed by atoms with Gasteiger partial charge in [-0.1, -0.05) is 168 Å². The molecule has 0 spiro atoms. The van der Waals surface area contributed by atoms with Crippen molar-refractivity contribution in [1.82, 2.24) is 0 Å². The molecule has 0 fully saturated rings. The van der Waals surface area contributed by atoms with E-state index in [1.54, 1.807) is 0 Å². The van der Waals surface area contributed by atoms with Gasteiger partial charge in [-0.05, 0) is 18.8 Å². The number of esters is 1. The highest BCUT2D eigenvalue weighted by atomic mass is 16.5. The monoisotopic (exact) mass is 555 g/mol. The molecule has 1 N–H and O–H groups in total. The van der Waals surface area contributed by atoms with Gasteiger partial charge in [-0.25, -0.2) is 0 Å². The second-order valence-electron chi connectivity index (χ2n) is 12.5. The summed E-state index contributed by atoms with van der Waals surface area (Å²) >= 11 is 0. The Morgan fingerprint density at radius 3 is 1.44 bits per heavy atom. The first-order chi connectivity index (χ1) is 19.1. The molecule has 0 aliphatic carbocycles. The fourth-order valence-corrected chi connectivity index (χ4v) is 5.16. The lowest BCUT2D eigenvalue weighted by molar-refractivity contribution is -0.147. The van der Waals surface area contributed by atoms with Crippen LogP contribution >= 0.6 is 0 Å². The smallest absolute Gasteiger partial charge is 0.305 e. The Kier molecular flexibility index (Phi) is 31.4. The quantitative estimate of drug-likeness (QED) is 0.0663. The zero-order valence-electron chi connectivity index (χ0n) is 26.8. The van der Waals surface area contributed by atoms with Crippen molar-refractivity contribution in [3.8, 4) is 0 Å². The van der Waals surface area contributed by atoms with Gasteiger partial charge < -0.3 is 14.6 Å². The van der Waals surface area contributed by atoms with Crippen LogP contribution in [-0.4, -0.2) is 37.0 Å². The molecule has 39 heavy (non-hydrogen) atoms. The predicted molar refractivity (Wildman–Crippen MR) is 168 cm³/mol. The summed E-state index contributed by atoms with van der Waals surface area (Å²) in [7, 11) is 0. The van der Waals surface area contributed by atoms with E-state index in [1.165, 1.54) is 141 Å². The van der Waals surface area contributed by atoms with Gasteiger partial charge in [-0.3, -0.25) is 4.79 Å². The highest BCUT2D eigenvalue weighted by molar-refractivity contribution is 5.69. The number of aliphatic hydroxyl groups is 1.